The zero-order chi connectivity index (χ0) is 18.6. The molecule has 0 saturated carbocycles. The monoisotopic (exact) mass is 421 g/mol. The van der Waals surface area contributed by atoms with Gasteiger partial charge in [-0.05, 0) is 61.6 Å². The second kappa shape index (κ2) is 8.61. The van der Waals surface area contributed by atoms with E-state index in [9.17, 15) is 9.50 Å². The van der Waals surface area contributed by atoms with Crippen LogP contribution in [0.2, 0.25) is 0 Å². The molecule has 1 heterocycles. The molecular formula is C21H25BrFNO2. The Kier molecular flexibility index (Phi) is 6.46. The second-order valence-corrected chi connectivity index (χ2v) is 7.81. The van der Waals surface area contributed by atoms with E-state index < -0.39 is 5.60 Å². The maximum absolute atomic E-state index is 13.3. The summed E-state index contributed by atoms with van der Waals surface area (Å²) < 4.78 is 20.7. The Morgan fingerprint density at radius 1 is 1.19 bits per heavy atom. The Balaban J connectivity index is 1.73. The van der Waals surface area contributed by atoms with Crippen LogP contribution in [0.4, 0.5) is 4.39 Å². The summed E-state index contributed by atoms with van der Waals surface area (Å²) in [6, 6.07) is 15.2. The Bertz CT molecular complexity index is 697. The van der Waals surface area contributed by atoms with Gasteiger partial charge in [-0.1, -0.05) is 40.2 Å². The molecule has 3 nitrogen and oxygen atoms in total. The third-order valence-corrected chi connectivity index (χ3v) is 5.85. The summed E-state index contributed by atoms with van der Waals surface area (Å²) >= 11 is 3.48. The molecule has 0 spiro atoms. The van der Waals surface area contributed by atoms with Crippen molar-refractivity contribution in [3.63, 3.8) is 0 Å². The van der Waals surface area contributed by atoms with Gasteiger partial charge in [0.2, 0.25) is 0 Å². The lowest BCUT2D eigenvalue weighted by Gasteiger charge is -2.44. The third kappa shape index (κ3) is 4.34. The van der Waals surface area contributed by atoms with Crippen molar-refractivity contribution in [3.05, 3.63) is 69.9 Å². The molecule has 26 heavy (non-hydrogen) atoms. The van der Waals surface area contributed by atoms with Crippen molar-refractivity contribution in [1.82, 2.24) is 4.90 Å². The van der Waals surface area contributed by atoms with Crippen LogP contribution in [-0.2, 0) is 10.3 Å². The van der Waals surface area contributed by atoms with E-state index in [2.05, 4.69) is 52.0 Å². The minimum absolute atomic E-state index is 0.130. The first-order valence-corrected chi connectivity index (χ1v) is 9.84. The number of benzene rings is 2. The molecule has 1 unspecified atom stereocenters. The third-order valence-electron chi connectivity index (χ3n) is 5.32. The van der Waals surface area contributed by atoms with Gasteiger partial charge in [0.15, 0.2) is 0 Å². The number of ether oxygens (including phenoxy) is 1. The summed E-state index contributed by atoms with van der Waals surface area (Å²) in [4.78, 5) is 2.31. The smallest absolute Gasteiger partial charge is 0.123 e. The fourth-order valence-electron chi connectivity index (χ4n) is 3.61. The number of aliphatic hydroxyl groups excluding tert-OH is 1. The van der Waals surface area contributed by atoms with Gasteiger partial charge in [-0.25, -0.2) is 4.39 Å². The van der Waals surface area contributed by atoms with Crippen LogP contribution in [0.3, 0.4) is 0 Å². The molecule has 1 N–H and O–H groups in total. The standard InChI is InChI=1S/C21H25BrFNO2/c1-16(17-3-7-19(22)8-4-17)24-13-12-21(26-15-24,11-2-14-25)18-5-9-20(23)10-6-18/h3-10,16,25H,2,11-15H2,1H3/t16-,21?/m0/s1. The molecule has 2 aromatic rings. The summed E-state index contributed by atoms with van der Waals surface area (Å²) in [7, 11) is 0. The largest absolute Gasteiger partial charge is 0.396 e. The Morgan fingerprint density at radius 3 is 2.46 bits per heavy atom. The van der Waals surface area contributed by atoms with Crippen molar-refractivity contribution in [2.75, 3.05) is 19.9 Å². The maximum atomic E-state index is 13.3. The normalized spacial score (nSPS) is 22.3. The number of hydrogen-bond donors (Lipinski definition) is 1. The predicted molar refractivity (Wildman–Crippen MR) is 104 cm³/mol. The molecule has 5 heteroatoms. The number of hydrogen-bond acceptors (Lipinski definition) is 3. The van der Waals surface area contributed by atoms with E-state index in [1.165, 1.54) is 17.7 Å². The van der Waals surface area contributed by atoms with Gasteiger partial charge in [-0.3, -0.25) is 4.90 Å². The van der Waals surface area contributed by atoms with Gasteiger partial charge >= 0.3 is 0 Å². The topological polar surface area (TPSA) is 32.7 Å². The maximum Gasteiger partial charge on any atom is 0.123 e. The van der Waals surface area contributed by atoms with E-state index in [0.29, 0.717) is 13.2 Å². The molecule has 2 aromatic carbocycles. The summed E-state index contributed by atoms with van der Waals surface area (Å²) in [5.74, 6) is -0.243. The molecule has 0 aromatic heterocycles. The van der Waals surface area contributed by atoms with E-state index in [-0.39, 0.29) is 18.5 Å². The van der Waals surface area contributed by atoms with Gasteiger partial charge in [0.25, 0.3) is 0 Å². The number of rotatable bonds is 6. The highest BCUT2D eigenvalue weighted by atomic mass is 79.9. The molecule has 140 valence electrons. The second-order valence-electron chi connectivity index (χ2n) is 6.89. The molecule has 1 aliphatic rings. The minimum Gasteiger partial charge on any atom is -0.396 e. The highest BCUT2D eigenvalue weighted by Gasteiger charge is 2.38. The van der Waals surface area contributed by atoms with Crippen LogP contribution in [0.1, 0.15) is 43.4 Å². The van der Waals surface area contributed by atoms with Gasteiger partial charge in [0.1, 0.15) is 12.5 Å². The SMILES string of the molecule is C[C@@H](c1ccc(Br)cc1)N1CCC(CCCO)(c2ccc(F)cc2)OC1. The van der Waals surface area contributed by atoms with Crippen LogP contribution in [0.25, 0.3) is 0 Å². The molecule has 0 bridgehead atoms. The first kappa shape index (κ1) is 19.5. The van der Waals surface area contributed by atoms with Crippen LogP contribution in [0.15, 0.2) is 53.0 Å². The quantitative estimate of drug-likeness (QED) is 0.712. The molecule has 0 radical (unpaired) electrons. The summed E-state index contributed by atoms with van der Waals surface area (Å²) in [6.07, 6.45) is 2.22. The van der Waals surface area contributed by atoms with Gasteiger partial charge < -0.3 is 9.84 Å². The minimum atomic E-state index is -0.452. The van der Waals surface area contributed by atoms with Crippen LogP contribution in [0, 0.1) is 5.82 Å². The van der Waals surface area contributed by atoms with Gasteiger partial charge in [-0.15, -0.1) is 0 Å². The van der Waals surface area contributed by atoms with Gasteiger partial charge in [-0.2, -0.15) is 0 Å². The van der Waals surface area contributed by atoms with E-state index in [1.54, 1.807) is 12.1 Å². The molecule has 2 atom stereocenters. The van der Waals surface area contributed by atoms with Crippen molar-refractivity contribution in [2.45, 2.75) is 37.8 Å². The fraction of sp³-hybridized carbons (Fsp3) is 0.429. The predicted octanol–water partition coefficient (Wildman–Crippen LogP) is 5.00. The first-order valence-electron chi connectivity index (χ1n) is 9.04. The van der Waals surface area contributed by atoms with Crippen molar-refractivity contribution in [2.24, 2.45) is 0 Å². The lowest BCUT2D eigenvalue weighted by atomic mass is 9.84. The van der Waals surface area contributed by atoms with Crippen molar-refractivity contribution in [1.29, 1.82) is 0 Å². The summed E-state index contributed by atoms with van der Waals surface area (Å²) in [5, 5.41) is 9.28. The zero-order valence-electron chi connectivity index (χ0n) is 15.0. The van der Waals surface area contributed by atoms with Crippen molar-refractivity contribution in [3.8, 4) is 0 Å². The van der Waals surface area contributed by atoms with Gasteiger partial charge in [0, 0.05) is 23.7 Å². The van der Waals surface area contributed by atoms with Gasteiger partial charge in [0.05, 0.1) is 5.60 Å². The van der Waals surface area contributed by atoms with Crippen LogP contribution in [0.5, 0.6) is 0 Å². The van der Waals surface area contributed by atoms with E-state index in [1.807, 2.05) is 0 Å². The van der Waals surface area contributed by atoms with E-state index in [0.717, 1.165) is 29.4 Å². The molecular weight excluding hydrogens is 397 g/mol. The fourth-order valence-corrected chi connectivity index (χ4v) is 3.88. The summed E-state index contributed by atoms with van der Waals surface area (Å²) in [5.41, 5.74) is 1.79. The highest BCUT2D eigenvalue weighted by molar-refractivity contribution is 9.10. The molecule has 1 fully saturated rings. The zero-order valence-corrected chi connectivity index (χ0v) is 16.6. The lowest BCUT2D eigenvalue weighted by molar-refractivity contribution is -0.159. The molecule has 1 saturated heterocycles. The molecule has 3 rings (SSSR count). The molecule has 1 aliphatic heterocycles. The van der Waals surface area contributed by atoms with Crippen LogP contribution in [-0.4, -0.2) is 29.9 Å². The molecule has 0 aliphatic carbocycles. The molecule has 0 amide bonds. The van der Waals surface area contributed by atoms with Crippen molar-refractivity contribution < 1.29 is 14.2 Å². The highest BCUT2D eigenvalue weighted by Crippen LogP contribution is 2.39. The summed E-state index contributed by atoms with van der Waals surface area (Å²) in [6.45, 7) is 3.72. The van der Waals surface area contributed by atoms with E-state index >= 15 is 0 Å². The van der Waals surface area contributed by atoms with Crippen molar-refractivity contribution >= 4 is 15.9 Å². The van der Waals surface area contributed by atoms with Crippen LogP contribution < -0.4 is 0 Å². The number of nitrogens with zero attached hydrogens (tertiary/aromatic N) is 1. The van der Waals surface area contributed by atoms with Crippen LogP contribution >= 0.6 is 15.9 Å². The Labute approximate surface area is 162 Å². The Morgan fingerprint density at radius 2 is 1.88 bits per heavy atom. The average molecular weight is 422 g/mol. The average Bonchev–Trinajstić information content (AvgIpc) is 2.67. The number of halogens is 2. The Hall–Kier alpha value is -1.27. The number of aliphatic hydroxyl groups is 1. The lowest BCUT2D eigenvalue weighted by Crippen LogP contribution is -2.45. The first-order chi connectivity index (χ1) is 12.5. The van der Waals surface area contributed by atoms with E-state index in [4.69, 9.17) is 4.74 Å².